The molecule has 2 atom stereocenters. The summed E-state index contributed by atoms with van der Waals surface area (Å²) in [6.07, 6.45) is -6.01. The number of benzene rings is 2. The number of carbonyl (C=O) groups excluding carboxylic acids is 1. The van der Waals surface area contributed by atoms with Crippen molar-refractivity contribution >= 4 is 5.91 Å². The molecule has 0 spiro atoms. The van der Waals surface area contributed by atoms with Gasteiger partial charge >= 0.3 is 6.18 Å². The van der Waals surface area contributed by atoms with Crippen LogP contribution in [-0.2, 0) is 15.1 Å². The van der Waals surface area contributed by atoms with Gasteiger partial charge in [-0.3, -0.25) is 4.79 Å². The van der Waals surface area contributed by atoms with Crippen LogP contribution in [-0.4, -0.2) is 56.7 Å². The highest BCUT2D eigenvalue weighted by Gasteiger charge is 2.52. The molecule has 184 valence electrons. The zero-order valence-electron chi connectivity index (χ0n) is 18.2. The van der Waals surface area contributed by atoms with Gasteiger partial charge in [0.15, 0.2) is 23.1 Å². The van der Waals surface area contributed by atoms with Crippen LogP contribution >= 0.6 is 0 Å². The largest absolute Gasteiger partial charge is 0.493 e. The van der Waals surface area contributed by atoms with E-state index in [9.17, 15) is 26.7 Å². The van der Waals surface area contributed by atoms with Gasteiger partial charge in [-0.05, 0) is 24.3 Å². The Balaban J connectivity index is 1.49. The average molecular weight is 487 g/mol. The van der Waals surface area contributed by atoms with Gasteiger partial charge in [-0.1, -0.05) is 12.1 Å². The Hall–Kier alpha value is -2.92. The number of ether oxygens (including phenoxy) is 4. The van der Waals surface area contributed by atoms with Gasteiger partial charge in [0.2, 0.25) is 0 Å². The van der Waals surface area contributed by atoms with E-state index in [4.69, 9.17) is 18.9 Å². The molecule has 0 bridgehead atoms. The second kappa shape index (κ2) is 9.38. The molecule has 2 aliphatic heterocycles. The van der Waals surface area contributed by atoms with Crippen LogP contribution in [0.5, 0.6) is 11.5 Å². The van der Waals surface area contributed by atoms with Gasteiger partial charge in [0.25, 0.3) is 5.91 Å². The lowest BCUT2D eigenvalue weighted by molar-refractivity contribution is -0.139. The van der Waals surface area contributed by atoms with Gasteiger partial charge in [0.1, 0.15) is 18.5 Å². The molecule has 2 fully saturated rings. The normalized spacial score (nSPS) is 22.4. The van der Waals surface area contributed by atoms with Crippen LogP contribution in [0.15, 0.2) is 36.4 Å². The predicted molar refractivity (Wildman–Crippen MR) is 109 cm³/mol. The first-order valence-electron chi connectivity index (χ1n) is 10.5. The topological polar surface area (TPSA) is 57.2 Å². The molecule has 2 heterocycles. The lowest BCUT2D eigenvalue weighted by atomic mass is 9.81. The third-order valence-electron chi connectivity index (χ3n) is 5.99. The van der Waals surface area contributed by atoms with Crippen molar-refractivity contribution in [2.24, 2.45) is 0 Å². The third-order valence-corrected chi connectivity index (χ3v) is 5.99. The summed E-state index contributed by atoms with van der Waals surface area (Å²) in [5, 5.41) is 0. The number of hydrogen-bond acceptors (Lipinski definition) is 5. The molecule has 2 aliphatic rings. The van der Waals surface area contributed by atoms with Crippen molar-refractivity contribution in [1.82, 2.24) is 4.90 Å². The molecule has 0 N–H and O–H groups in total. The van der Waals surface area contributed by atoms with Crippen LogP contribution in [0.4, 0.5) is 22.0 Å². The first-order chi connectivity index (χ1) is 16.1. The van der Waals surface area contributed by atoms with Crippen LogP contribution in [0.2, 0.25) is 0 Å². The molecule has 0 aliphatic carbocycles. The molecule has 34 heavy (non-hydrogen) atoms. The zero-order valence-corrected chi connectivity index (χ0v) is 18.2. The summed E-state index contributed by atoms with van der Waals surface area (Å²) in [6, 6.07) is 8.03. The summed E-state index contributed by atoms with van der Waals surface area (Å²) in [6.45, 7) is -0.459. The van der Waals surface area contributed by atoms with Gasteiger partial charge in [-0.2, -0.15) is 13.2 Å². The summed E-state index contributed by atoms with van der Waals surface area (Å²) < 4.78 is 87.2. The number of fused-ring (bicyclic) bond motifs is 1. The monoisotopic (exact) mass is 487 g/mol. The first kappa shape index (κ1) is 24.2. The van der Waals surface area contributed by atoms with E-state index in [1.54, 1.807) is 0 Å². The fraction of sp³-hybridized carbons (Fsp3) is 0.435. The Labute approximate surface area is 192 Å². The summed E-state index contributed by atoms with van der Waals surface area (Å²) in [7, 11) is 1.31. The first-order valence-corrected chi connectivity index (χ1v) is 10.5. The van der Waals surface area contributed by atoms with E-state index in [-0.39, 0.29) is 54.8 Å². The Bertz CT molecular complexity index is 1060. The van der Waals surface area contributed by atoms with Gasteiger partial charge in [0.05, 0.1) is 26.7 Å². The summed E-state index contributed by atoms with van der Waals surface area (Å²) in [5.41, 5.74) is -0.941. The van der Waals surface area contributed by atoms with Crippen molar-refractivity contribution in [2.75, 3.05) is 33.6 Å². The highest BCUT2D eigenvalue weighted by molar-refractivity contribution is 5.95. The minimum absolute atomic E-state index is 0.0455. The van der Waals surface area contributed by atoms with Crippen LogP contribution < -0.4 is 9.47 Å². The van der Waals surface area contributed by atoms with E-state index < -0.39 is 42.5 Å². The molecule has 2 aromatic carbocycles. The lowest BCUT2D eigenvalue weighted by Gasteiger charge is -2.42. The summed E-state index contributed by atoms with van der Waals surface area (Å²) >= 11 is 0. The predicted octanol–water partition coefficient (Wildman–Crippen LogP) is 4.42. The van der Waals surface area contributed by atoms with E-state index in [0.717, 1.165) is 6.07 Å². The number of alkyl halides is 3. The van der Waals surface area contributed by atoms with Gasteiger partial charge in [-0.25, -0.2) is 8.78 Å². The average Bonchev–Trinajstić information content (AvgIpc) is 3.23. The minimum atomic E-state index is -4.35. The molecule has 2 aromatic rings. The standard InChI is InChI=1S/C23H22F5NO5/c1-31-18-11-14(5-6-17(18)32-10-8-23(26,27)28)21(30)29-9-7-22(19(12-29)33-13-34-22)15-3-2-4-16(24)20(15)25/h2-6,11,19H,7-10,12-13H2,1H3/t19?,22-/m1/s1. The van der Waals surface area contributed by atoms with Crippen LogP contribution in [0.1, 0.15) is 28.8 Å². The minimum Gasteiger partial charge on any atom is -0.493 e. The van der Waals surface area contributed by atoms with Crippen LogP contribution in [0.3, 0.4) is 0 Å². The number of nitrogens with zero attached hydrogens (tertiary/aromatic N) is 1. The van der Waals surface area contributed by atoms with Crippen molar-refractivity contribution in [3.63, 3.8) is 0 Å². The number of piperidine rings is 1. The maximum absolute atomic E-state index is 14.5. The number of amides is 1. The summed E-state index contributed by atoms with van der Waals surface area (Å²) in [4.78, 5) is 14.6. The number of rotatable bonds is 6. The Morgan fingerprint density at radius 2 is 2.00 bits per heavy atom. The molecule has 0 aromatic heterocycles. The number of likely N-dealkylation sites (tertiary alicyclic amines) is 1. The summed E-state index contributed by atoms with van der Waals surface area (Å²) in [5.74, 6) is -2.20. The Morgan fingerprint density at radius 3 is 2.74 bits per heavy atom. The molecule has 0 saturated carbocycles. The molecular weight excluding hydrogens is 465 g/mol. The third kappa shape index (κ3) is 4.67. The number of carbonyl (C=O) groups is 1. The molecule has 1 amide bonds. The van der Waals surface area contributed by atoms with Crippen molar-refractivity contribution in [1.29, 1.82) is 0 Å². The molecular formula is C23H22F5NO5. The van der Waals surface area contributed by atoms with Crippen molar-refractivity contribution < 1.29 is 45.7 Å². The second-order valence-electron chi connectivity index (χ2n) is 7.99. The molecule has 1 unspecified atom stereocenters. The second-order valence-corrected chi connectivity index (χ2v) is 7.99. The van der Waals surface area contributed by atoms with Crippen molar-refractivity contribution in [3.8, 4) is 11.5 Å². The fourth-order valence-corrected chi connectivity index (χ4v) is 4.25. The Morgan fingerprint density at radius 1 is 1.21 bits per heavy atom. The zero-order chi connectivity index (χ0) is 24.5. The number of methoxy groups -OCH3 is 1. The van der Waals surface area contributed by atoms with Crippen molar-refractivity contribution in [3.05, 3.63) is 59.2 Å². The van der Waals surface area contributed by atoms with Gasteiger partial charge in [-0.15, -0.1) is 0 Å². The van der Waals surface area contributed by atoms with Crippen molar-refractivity contribution in [2.45, 2.75) is 30.7 Å². The highest BCUT2D eigenvalue weighted by atomic mass is 19.4. The van der Waals surface area contributed by atoms with E-state index >= 15 is 0 Å². The van der Waals surface area contributed by atoms with E-state index in [1.807, 2.05) is 0 Å². The molecule has 2 saturated heterocycles. The molecule has 11 heteroatoms. The van der Waals surface area contributed by atoms with Gasteiger partial charge < -0.3 is 23.8 Å². The number of hydrogen-bond donors (Lipinski definition) is 0. The quantitative estimate of drug-likeness (QED) is 0.565. The SMILES string of the molecule is COc1cc(C(=O)N2CC[C@]3(c4cccc(F)c4F)OCOC3C2)ccc1OCCC(F)(F)F. The highest BCUT2D eigenvalue weighted by Crippen LogP contribution is 2.44. The Kier molecular flexibility index (Phi) is 6.68. The van der Waals surface area contributed by atoms with E-state index in [1.165, 1.54) is 42.3 Å². The molecule has 0 radical (unpaired) electrons. The smallest absolute Gasteiger partial charge is 0.392 e. The maximum atomic E-state index is 14.5. The molecule has 6 nitrogen and oxygen atoms in total. The van der Waals surface area contributed by atoms with Crippen LogP contribution in [0.25, 0.3) is 0 Å². The lowest BCUT2D eigenvalue weighted by Crippen LogP contribution is -2.54. The molecule has 4 rings (SSSR count). The fourth-order valence-electron chi connectivity index (χ4n) is 4.25. The maximum Gasteiger partial charge on any atom is 0.392 e. The van der Waals surface area contributed by atoms with E-state index in [0.29, 0.717) is 0 Å². The number of halogens is 5. The van der Waals surface area contributed by atoms with E-state index in [2.05, 4.69) is 0 Å². The van der Waals surface area contributed by atoms with Crippen LogP contribution in [0, 0.1) is 11.6 Å². The van der Waals surface area contributed by atoms with Gasteiger partial charge in [0, 0.05) is 24.1 Å².